The number of methoxy groups -OCH3 is 1. The van der Waals surface area contributed by atoms with Crippen molar-refractivity contribution in [2.75, 3.05) is 38.3 Å². The molecule has 0 unspecified atom stereocenters. The van der Waals surface area contributed by atoms with Crippen LogP contribution in [0.3, 0.4) is 0 Å². The van der Waals surface area contributed by atoms with E-state index in [-0.39, 0.29) is 12.2 Å². The van der Waals surface area contributed by atoms with Crippen LogP contribution in [-0.4, -0.2) is 43.9 Å². The molecule has 0 spiro atoms. The summed E-state index contributed by atoms with van der Waals surface area (Å²) in [5.74, 6) is 0.616. The van der Waals surface area contributed by atoms with Crippen molar-refractivity contribution in [2.24, 2.45) is 4.99 Å². The normalized spacial score (nSPS) is 17.1. The molecule has 9 heteroatoms. The van der Waals surface area contributed by atoms with Crippen LogP contribution in [0.4, 0.5) is 5.69 Å². The minimum Gasteiger partial charge on any atom is -0.493 e. The Balaban J connectivity index is 1.65. The molecule has 2 aliphatic rings. The van der Waals surface area contributed by atoms with Crippen LogP contribution in [0.2, 0.25) is 0 Å². The van der Waals surface area contributed by atoms with Crippen molar-refractivity contribution in [3.8, 4) is 11.5 Å². The second-order valence-electron chi connectivity index (χ2n) is 9.89. The van der Waals surface area contributed by atoms with E-state index in [4.69, 9.17) is 14.2 Å². The Labute approximate surface area is 237 Å². The quantitative estimate of drug-likeness (QED) is 0.385. The van der Waals surface area contributed by atoms with Gasteiger partial charge in [-0.1, -0.05) is 23.5 Å². The highest BCUT2D eigenvalue weighted by Gasteiger charge is 2.34. The summed E-state index contributed by atoms with van der Waals surface area (Å²) in [7, 11) is 1.58. The van der Waals surface area contributed by atoms with E-state index < -0.39 is 12.0 Å². The Morgan fingerprint density at radius 3 is 2.52 bits per heavy atom. The van der Waals surface area contributed by atoms with Crippen LogP contribution in [0.25, 0.3) is 6.08 Å². The topological polar surface area (TPSA) is 82.4 Å². The third-order valence-electron chi connectivity index (χ3n) is 7.29. The van der Waals surface area contributed by atoms with E-state index in [9.17, 15) is 9.59 Å². The van der Waals surface area contributed by atoms with Crippen molar-refractivity contribution in [1.82, 2.24) is 4.57 Å². The standard InChI is InChI=1S/C31H35N3O5S/c1-6-38-25-18-22(11-13-24(25)37-5)28-27(30(36)39-7-2)20(4)32-31-34(28)29(35)26(40-31)17-21-10-12-23(19(3)16-21)33-14-8-9-15-33/h10-13,16-18,28H,6-9,14-15H2,1-5H3/b26-17+/t28-/m1/s1. The van der Waals surface area contributed by atoms with Gasteiger partial charge in [0, 0.05) is 18.8 Å². The fraction of sp³-hybridized carbons (Fsp3) is 0.387. The van der Waals surface area contributed by atoms with Crippen molar-refractivity contribution in [3.05, 3.63) is 84.0 Å². The smallest absolute Gasteiger partial charge is 0.338 e. The predicted molar refractivity (Wildman–Crippen MR) is 157 cm³/mol. The summed E-state index contributed by atoms with van der Waals surface area (Å²) in [6, 6.07) is 11.1. The molecule has 40 heavy (non-hydrogen) atoms. The minimum atomic E-state index is -0.721. The van der Waals surface area contributed by atoms with E-state index in [1.807, 2.05) is 25.1 Å². The van der Waals surface area contributed by atoms with Gasteiger partial charge in [0.25, 0.3) is 5.56 Å². The zero-order valence-electron chi connectivity index (χ0n) is 23.7. The highest BCUT2D eigenvalue weighted by molar-refractivity contribution is 7.07. The number of carbonyl (C=O) groups excluding carboxylic acids is 1. The van der Waals surface area contributed by atoms with E-state index in [1.165, 1.54) is 35.4 Å². The monoisotopic (exact) mass is 561 g/mol. The van der Waals surface area contributed by atoms with Crippen molar-refractivity contribution in [1.29, 1.82) is 0 Å². The molecule has 5 rings (SSSR count). The fourth-order valence-electron chi connectivity index (χ4n) is 5.47. The Bertz CT molecular complexity index is 1650. The number of ether oxygens (including phenoxy) is 3. The van der Waals surface area contributed by atoms with Gasteiger partial charge in [-0.3, -0.25) is 9.36 Å². The van der Waals surface area contributed by atoms with E-state index in [1.54, 1.807) is 31.6 Å². The first-order valence-corrected chi connectivity index (χ1v) is 14.5. The van der Waals surface area contributed by atoms with Crippen LogP contribution in [0.1, 0.15) is 56.3 Å². The summed E-state index contributed by atoms with van der Waals surface area (Å²) < 4.78 is 18.8. The van der Waals surface area contributed by atoms with E-state index >= 15 is 0 Å². The molecule has 3 heterocycles. The number of nitrogens with zero attached hydrogens (tertiary/aromatic N) is 3. The largest absolute Gasteiger partial charge is 0.493 e. The molecular formula is C31H35N3O5S. The highest BCUT2D eigenvalue weighted by atomic mass is 32.1. The molecule has 1 atom stereocenters. The summed E-state index contributed by atoms with van der Waals surface area (Å²) in [5, 5.41) is 0. The summed E-state index contributed by atoms with van der Waals surface area (Å²) in [6.45, 7) is 10.4. The maximum atomic E-state index is 14.0. The summed E-state index contributed by atoms with van der Waals surface area (Å²) in [6.07, 6.45) is 4.35. The second kappa shape index (κ2) is 11.7. The molecule has 0 radical (unpaired) electrons. The second-order valence-corrected chi connectivity index (χ2v) is 10.9. The number of aryl methyl sites for hydroxylation is 1. The van der Waals surface area contributed by atoms with Crippen LogP contribution in [0, 0.1) is 6.92 Å². The van der Waals surface area contributed by atoms with Gasteiger partial charge in [0.2, 0.25) is 0 Å². The van der Waals surface area contributed by atoms with Crippen LogP contribution in [0.5, 0.6) is 11.5 Å². The van der Waals surface area contributed by atoms with Crippen molar-refractivity contribution >= 4 is 29.1 Å². The lowest BCUT2D eigenvalue weighted by Crippen LogP contribution is -2.40. The first kappa shape index (κ1) is 27.7. The van der Waals surface area contributed by atoms with Crippen molar-refractivity contribution in [2.45, 2.75) is 46.6 Å². The molecule has 0 saturated carbocycles. The average molecular weight is 562 g/mol. The van der Waals surface area contributed by atoms with Gasteiger partial charge in [0.1, 0.15) is 0 Å². The molecule has 0 aliphatic carbocycles. The number of thiazole rings is 1. The first-order chi connectivity index (χ1) is 19.4. The SMILES string of the molecule is CCOC(=O)C1=C(C)N=c2s/c(=C/c3ccc(N4CCCC4)c(C)c3)c(=O)n2[C@@H]1c1ccc(OC)c(OCC)c1. The summed E-state index contributed by atoms with van der Waals surface area (Å²) in [4.78, 5) is 34.8. The Morgan fingerprint density at radius 2 is 1.85 bits per heavy atom. The molecule has 8 nitrogen and oxygen atoms in total. The molecule has 1 aromatic heterocycles. The third kappa shape index (κ3) is 5.18. The van der Waals surface area contributed by atoms with Crippen molar-refractivity contribution in [3.63, 3.8) is 0 Å². The van der Waals surface area contributed by atoms with E-state index in [2.05, 4.69) is 35.0 Å². The molecule has 1 fully saturated rings. The lowest BCUT2D eigenvalue weighted by molar-refractivity contribution is -0.139. The molecule has 0 amide bonds. The lowest BCUT2D eigenvalue weighted by Gasteiger charge is -2.25. The highest BCUT2D eigenvalue weighted by Crippen LogP contribution is 2.36. The number of aromatic nitrogens is 1. The first-order valence-electron chi connectivity index (χ1n) is 13.7. The Hall–Kier alpha value is -3.85. The fourth-order valence-corrected chi connectivity index (χ4v) is 6.52. The predicted octanol–water partition coefficient (Wildman–Crippen LogP) is 4.11. The third-order valence-corrected chi connectivity index (χ3v) is 8.27. The number of hydrogen-bond acceptors (Lipinski definition) is 8. The molecule has 210 valence electrons. The number of carbonyl (C=O) groups is 1. The number of esters is 1. The number of anilines is 1. The molecule has 1 saturated heterocycles. The zero-order chi connectivity index (χ0) is 28.4. The van der Waals surface area contributed by atoms with Gasteiger partial charge >= 0.3 is 5.97 Å². The van der Waals surface area contributed by atoms with Gasteiger partial charge in [-0.2, -0.15) is 0 Å². The molecule has 2 aliphatic heterocycles. The maximum Gasteiger partial charge on any atom is 0.338 e. The van der Waals surface area contributed by atoms with Gasteiger partial charge < -0.3 is 19.1 Å². The van der Waals surface area contributed by atoms with Gasteiger partial charge in [0.05, 0.1) is 42.2 Å². The number of fused-ring (bicyclic) bond motifs is 1. The lowest BCUT2D eigenvalue weighted by atomic mass is 9.95. The van der Waals surface area contributed by atoms with E-state index in [0.29, 0.717) is 44.3 Å². The van der Waals surface area contributed by atoms with Crippen LogP contribution < -0.4 is 29.3 Å². The molecule has 2 aromatic carbocycles. The van der Waals surface area contributed by atoms with Crippen molar-refractivity contribution < 1.29 is 19.0 Å². The Morgan fingerprint density at radius 1 is 1.07 bits per heavy atom. The Kier molecular flexibility index (Phi) is 8.12. The average Bonchev–Trinajstić information content (AvgIpc) is 3.57. The number of allylic oxidation sites excluding steroid dienone is 1. The maximum absolute atomic E-state index is 14.0. The minimum absolute atomic E-state index is 0.210. The van der Waals surface area contributed by atoms with Gasteiger partial charge in [-0.15, -0.1) is 0 Å². The van der Waals surface area contributed by atoms with Crippen LogP contribution in [-0.2, 0) is 9.53 Å². The molecular weight excluding hydrogens is 526 g/mol. The van der Waals surface area contributed by atoms with Crippen LogP contribution in [0.15, 0.2) is 57.5 Å². The van der Waals surface area contributed by atoms with Gasteiger partial charge in [0.15, 0.2) is 16.3 Å². The number of benzene rings is 2. The number of rotatable bonds is 8. The molecule has 0 bridgehead atoms. The zero-order valence-corrected chi connectivity index (χ0v) is 24.5. The molecule has 0 N–H and O–H groups in total. The molecule has 3 aromatic rings. The van der Waals surface area contributed by atoms with E-state index in [0.717, 1.165) is 18.7 Å². The van der Waals surface area contributed by atoms with Gasteiger partial charge in [-0.25, -0.2) is 9.79 Å². The summed E-state index contributed by atoms with van der Waals surface area (Å²) >= 11 is 1.32. The summed E-state index contributed by atoms with van der Waals surface area (Å²) in [5.41, 5.74) is 4.73. The van der Waals surface area contributed by atoms with Crippen LogP contribution >= 0.6 is 11.3 Å². The number of hydrogen-bond donors (Lipinski definition) is 0. The van der Waals surface area contributed by atoms with Gasteiger partial charge in [-0.05, 0) is 87.6 Å².